The summed E-state index contributed by atoms with van der Waals surface area (Å²) in [5.41, 5.74) is 0. The van der Waals surface area contributed by atoms with Crippen LogP contribution >= 0.6 is 0 Å². The van der Waals surface area contributed by atoms with Crippen molar-refractivity contribution in [2.75, 3.05) is 32.7 Å². The molecule has 4 rings (SSSR count). The zero-order valence-electron chi connectivity index (χ0n) is 12.8. The predicted octanol–water partition coefficient (Wildman–Crippen LogP) is 2.24. The Hall–Kier alpha value is -0.840. The Morgan fingerprint density at radius 2 is 2.05 bits per heavy atom. The van der Waals surface area contributed by atoms with Crippen LogP contribution in [0.5, 0.6) is 0 Å². The van der Waals surface area contributed by atoms with Gasteiger partial charge in [-0.15, -0.1) is 0 Å². The Bertz CT molecular complexity index is 441. The van der Waals surface area contributed by atoms with Gasteiger partial charge < -0.3 is 9.73 Å². The Kier molecular flexibility index (Phi) is 4.01. The fourth-order valence-corrected chi connectivity index (χ4v) is 4.53. The van der Waals surface area contributed by atoms with Gasteiger partial charge in [-0.3, -0.25) is 9.80 Å². The van der Waals surface area contributed by atoms with Crippen molar-refractivity contribution in [2.24, 2.45) is 0 Å². The standard InChI is InChI=1S/C17H27N3O/c1-2-9-19(8-1)16(17-6-4-12-21-17)13-18-14-7-11-20-10-3-5-15(14)20/h4,6,12,14-16,18H,1-3,5,7-11,13H2. The number of hydrogen-bond acceptors (Lipinski definition) is 4. The number of nitrogens with zero attached hydrogens (tertiary/aromatic N) is 2. The summed E-state index contributed by atoms with van der Waals surface area (Å²) in [7, 11) is 0. The van der Waals surface area contributed by atoms with Crippen molar-refractivity contribution in [3.63, 3.8) is 0 Å². The van der Waals surface area contributed by atoms with Gasteiger partial charge in [-0.1, -0.05) is 0 Å². The fourth-order valence-electron chi connectivity index (χ4n) is 4.53. The first-order chi connectivity index (χ1) is 10.4. The zero-order valence-corrected chi connectivity index (χ0v) is 12.8. The van der Waals surface area contributed by atoms with E-state index in [1.54, 1.807) is 0 Å². The molecule has 3 saturated heterocycles. The maximum Gasteiger partial charge on any atom is 0.122 e. The summed E-state index contributed by atoms with van der Waals surface area (Å²) in [6.45, 7) is 6.07. The number of fused-ring (bicyclic) bond motifs is 1. The lowest BCUT2D eigenvalue weighted by atomic mass is 10.1. The average molecular weight is 289 g/mol. The SMILES string of the molecule is c1coc(C(CNC2CCN3CCCC23)N2CCCC2)c1. The molecule has 1 aromatic rings. The molecule has 0 aliphatic carbocycles. The van der Waals surface area contributed by atoms with Gasteiger partial charge in [0.05, 0.1) is 12.3 Å². The Morgan fingerprint density at radius 1 is 1.14 bits per heavy atom. The number of likely N-dealkylation sites (tertiary alicyclic amines) is 1. The van der Waals surface area contributed by atoms with Crippen molar-refractivity contribution in [2.45, 2.75) is 50.2 Å². The van der Waals surface area contributed by atoms with E-state index in [2.05, 4.69) is 21.2 Å². The highest BCUT2D eigenvalue weighted by Gasteiger charge is 2.37. The highest BCUT2D eigenvalue weighted by molar-refractivity contribution is 5.07. The molecule has 0 radical (unpaired) electrons. The topological polar surface area (TPSA) is 31.7 Å². The van der Waals surface area contributed by atoms with E-state index in [1.165, 1.54) is 58.3 Å². The minimum Gasteiger partial charge on any atom is -0.468 e. The molecule has 3 fully saturated rings. The van der Waals surface area contributed by atoms with Crippen molar-refractivity contribution in [1.82, 2.24) is 15.1 Å². The monoisotopic (exact) mass is 289 g/mol. The van der Waals surface area contributed by atoms with Gasteiger partial charge in [-0.25, -0.2) is 0 Å². The molecule has 3 unspecified atom stereocenters. The predicted molar refractivity (Wildman–Crippen MR) is 83.3 cm³/mol. The number of rotatable bonds is 5. The van der Waals surface area contributed by atoms with E-state index in [0.717, 1.165) is 18.3 Å². The maximum absolute atomic E-state index is 5.72. The lowest BCUT2D eigenvalue weighted by Gasteiger charge is -2.29. The molecule has 3 atom stereocenters. The van der Waals surface area contributed by atoms with Crippen molar-refractivity contribution < 1.29 is 4.42 Å². The van der Waals surface area contributed by atoms with E-state index in [-0.39, 0.29) is 0 Å². The number of hydrogen-bond donors (Lipinski definition) is 1. The van der Waals surface area contributed by atoms with E-state index >= 15 is 0 Å². The summed E-state index contributed by atoms with van der Waals surface area (Å²) in [6, 6.07) is 6.06. The molecule has 21 heavy (non-hydrogen) atoms. The van der Waals surface area contributed by atoms with Gasteiger partial charge in [0.2, 0.25) is 0 Å². The normalized spacial score (nSPS) is 31.8. The van der Waals surface area contributed by atoms with E-state index in [1.807, 2.05) is 12.3 Å². The molecule has 1 aromatic heterocycles. The van der Waals surface area contributed by atoms with Gasteiger partial charge in [0.15, 0.2) is 0 Å². The van der Waals surface area contributed by atoms with Crippen LogP contribution in [0.4, 0.5) is 0 Å². The second-order valence-electron chi connectivity index (χ2n) is 6.82. The summed E-state index contributed by atoms with van der Waals surface area (Å²) >= 11 is 0. The molecular weight excluding hydrogens is 262 g/mol. The van der Waals surface area contributed by atoms with Gasteiger partial charge in [-0.05, 0) is 63.9 Å². The average Bonchev–Trinajstić information content (AvgIpc) is 3.27. The molecule has 0 aromatic carbocycles. The minimum absolute atomic E-state index is 0.415. The summed E-state index contributed by atoms with van der Waals surface area (Å²) < 4.78 is 5.72. The van der Waals surface area contributed by atoms with E-state index in [0.29, 0.717) is 12.1 Å². The molecule has 4 heteroatoms. The fraction of sp³-hybridized carbons (Fsp3) is 0.765. The third-order valence-electron chi connectivity index (χ3n) is 5.63. The number of nitrogens with one attached hydrogen (secondary N) is 1. The Morgan fingerprint density at radius 3 is 2.86 bits per heavy atom. The largest absolute Gasteiger partial charge is 0.468 e. The molecule has 1 N–H and O–H groups in total. The van der Waals surface area contributed by atoms with E-state index < -0.39 is 0 Å². The van der Waals surface area contributed by atoms with Crippen LogP contribution in [0.15, 0.2) is 22.8 Å². The molecule has 3 aliphatic heterocycles. The number of furan rings is 1. The van der Waals surface area contributed by atoms with Crippen LogP contribution in [0.25, 0.3) is 0 Å². The van der Waals surface area contributed by atoms with Crippen LogP contribution in [0.3, 0.4) is 0 Å². The van der Waals surface area contributed by atoms with Gasteiger partial charge >= 0.3 is 0 Å². The van der Waals surface area contributed by atoms with Crippen molar-refractivity contribution in [1.29, 1.82) is 0 Å². The molecule has 0 saturated carbocycles. The molecule has 4 nitrogen and oxygen atoms in total. The third-order valence-corrected chi connectivity index (χ3v) is 5.63. The van der Waals surface area contributed by atoms with Crippen LogP contribution in [-0.4, -0.2) is 54.6 Å². The smallest absolute Gasteiger partial charge is 0.122 e. The van der Waals surface area contributed by atoms with Gasteiger partial charge in [-0.2, -0.15) is 0 Å². The molecule has 4 heterocycles. The Balaban J connectivity index is 1.40. The minimum atomic E-state index is 0.415. The van der Waals surface area contributed by atoms with E-state index in [9.17, 15) is 0 Å². The molecule has 0 bridgehead atoms. The first kappa shape index (κ1) is 13.8. The molecular formula is C17H27N3O. The first-order valence-electron chi connectivity index (χ1n) is 8.67. The summed E-state index contributed by atoms with van der Waals surface area (Å²) in [6.07, 6.45) is 8.56. The van der Waals surface area contributed by atoms with Crippen molar-refractivity contribution in [3.05, 3.63) is 24.2 Å². The maximum atomic E-state index is 5.72. The lowest BCUT2D eigenvalue weighted by Crippen LogP contribution is -2.43. The van der Waals surface area contributed by atoms with Gasteiger partial charge in [0.25, 0.3) is 0 Å². The highest BCUT2D eigenvalue weighted by Crippen LogP contribution is 2.29. The highest BCUT2D eigenvalue weighted by atomic mass is 16.3. The summed E-state index contributed by atoms with van der Waals surface area (Å²) in [5, 5.41) is 3.87. The van der Waals surface area contributed by atoms with Crippen LogP contribution in [0, 0.1) is 0 Å². The lowest BCUT2D eigenvalue weighted by molar-refractivity contribution is 0.199. The van der Waals surface area contributed by atoms with Gasteiger partial charge in [0.1, 0.15) is 5.76 Å². The zero-order chi connectivity index (χ0) is 14.1. The molecule has 0 spiro atoms. The van der Waals surface area contributed by atoms with Crippen molar-refractivity contribution in [3.8, 4) is 0 Å². The second kappa shape index (κ2) is 6.11. The Labute approximate surface area is 127 Å². The molecule has 3 aliphatic rings. The van der Waals surface area contributed by atoms with Crippen LogP contribution < -0.4 is 5.32 Å². The molecule has 0 amide bonds. The summed E-state index contributed by atoms with van der Waals surface area (Å²) in [4.78, 5) is 5.27. The molecule has 116 valence electrons. The van der Waals surface area contributed by atoms with Crippen LogP contribution in [-0.2, 0) is 0 Å². The van der Waals surface area contributed by atoms with E-state index in [4.69, 9.17) is 4.42 Å². The summed E-state index contributed by atoms with van der Waals surface area (Å²) in [5.74, 6) is 1.13. The van der Waals surface area contributed by atoms with Crippen LogP contribution in [0.1, 0.15) is 43.9 Å². The second-order valence-corrected chi connectivity index (χ2v) is 6.82. The third kappa shape index (κ3) is 2.77. The van der Waals surface area contributed by atoms with Gasteiger partial charge in [0, 0.05) is 25.2 Å². The quantitative estimate of drug-likeness (QED) is 0.901. The first-order valence-corrected chi connectivity index (χ1v) is 8.67. The van der Waals surface area contributed by atoms with Crippen LogP contribution in [0.2, 0.25) is 0 Å². The van der Waals surface area contributed by atoms with Crippen molar-refractivity contribution >= 4 is 0 Å².